The monoisotopic (exact) mass is 287 g/mol. The van der Waals surface area contributed by atoms with E-state index < -0.39 is 0 Å². The van der Waals surface area contributed by atoms with Gasteiger partial charge in [0, 0.05) is 30.3 Å². The zero-order valence-corrected chi connectivity index (χ0v) is 13.4. The van der Waals surface area contributed by atoms with Crippen LogP contribution in [0.25, 0.3) is 11.3 Å². The van der Waals surface area contributed by atoms with Gasteiger partial charge in [-0.3, -0.25) is 4.68 Å². The third-order valence-corrected chi connectivity index (χ3v) is 4.70. The molecule has 0 amide bonds. The second-order valence-electron chi connectivity index (χ2n) is 6.42. The van der Waals surface area contributed by atoms with E-state index in [0.717, 1.165) is 22.8 Å². The first kappa shape index (κ1) is 14.2. The lowest BCUT2D eigenvalue weighted by Crippen LogP contribution is -2.11. The highest BCUT2D eigenvalue weighted by molar-refractivity contribution is 5.72. The van der Waals surface area contributed by atoms with Gasteiger partial charge in [-0.05, 0) is 33.6 Å². The SMILES string of the molecule is Cc1c(-c2nc(C3CCCC3)n(C(C)C)c2N)cnn1C. The minimum Gasteiger partial charge on any atom is -0.383 e. The van der Waals surface area contributed by atoms with E-state index in [2.05, 4.69) is 30.4 Å². The number of nitrogens with two attached hydrogens (primary N) is 1. The summed E-state index contributed by atoms with van der Waals surface area (Å²) in [6.07, 6.45) is 6.94. The van der Waals surface area contributed by atoms with Crippen molar-refractivity contribution in [1.82, 2.24) is 19.3 Å². The van der Waals surface area contributed by atoms with Gasteiger partial charge in [0.1, 0.15) is 17.3 Å². The molecule has 5 heteroatoms. The van der Waals surface area contributed by atoms with E-state index in [1.54, 1.807) is 0 Å². The summed E-state index contributed by atoms with van der Waals surface area (Å²) in [6.45, 7) is 6.41. The van der Waals surface area contributed by atoms with Gasteiger partial charge in [-0.1, -0.05) is 12.8 Å². The van der Waals surface area contributed by atoms with Crippen LogP contribution in [0.3, 0.4) is 0 Å². The zero-order valence-electron chi connectivity index (χ0n) is 13.4. The Kier molecular flexibility index (Phi) is 3.51. The van der Waals surface area contributed by atoms with Crippen molar-refractivity contribution in [2.45, 2.75) is 58.4 Å². The van der Waals surface area contributed by atoms with Crippen molar-refractivity contribution in [2.24, 2.45) is 7.05 Å². The highest BCUT2D eigenvalue weighted by atomic mass is 15.3. The van der Waals surface area contributed by atoms with Gasteiger partial charge in [-0.15, -0.1) is 0 Å². The Labute approximate surface area is 126 Å². The number of anilines is 1. The molecule has 1 aliphatic carbocycles. The molecular formula is C16H25N5. The molecule has 0 atom stereocenters. The quantitative estimate of drug-likeness (QED) is 0.941. The molecule has 2 N–H and O–H groups in total. The number of nitrogens with zero attached hydrogens (tertiary/aromatic N) is 4. The van der Waals surface area contributed by atoms with Crippen molar-refractivity contribution >= 4 is 5.82 Å². The van der Waals surface area contributed by atoms with Gasteiger partial charge in [0.25, 0.3) is 0 Å². The smallest absolute Gasteiger partial charge is 0.132 e. The molecule has 0 aromatic carbocycles. The largest absolute Gasteiger partial charge is 0.383 e. The van der Waals surface area contributed by atoms with E-state index in [1.165, 1.54) is 31.5 Å². The Morgan fingerprint density at radius 1 is 1.29 bits per heavy atom. The molecule has 21 heavy (non-hydrogen) atoms. The Hall–Kier alpha value is -1.78. The van der Waals surface area contributed by atoms with Crippen molar-refractivity contribution in [3.05, 3.63) is 17.7 Å². The van der Waals surface area contributed by atoms with Crippen molar-refractivity contribution in [1.29, 1.82) is 0 Å². The van der Waals surface area contributed by atoms with Crippen molar-refractivity contribution in [3.8, 4) is 11.3 Å². The summed E-state index contributed by atoms with van der Waals surface area (Å²) in [5.41, 5.74) is 9.50. The van der Waals surface area contributed by atoms with E-state index in [1.807, 2.05) is 17.9 Å². The lowest BCUT2D eigenvalue weighted by Gasteiger charge is -2.17. The summed E-state index contributed by atoms with van der Waals surface area (Å²) in [4.78, 5) is 4.94. The molecule has 1 saturated carbocycles. The second-order valence-corrected chi connectivity index (χ2v) is 6.42. The fourth-order valence-electron chi connectivity index (χ4n) is 3.41. The van der Waals surface area contributed by atoms with Crippen LogP contribution in [0.1, 0.15) is 63.0 Å². The van der Waals surface area contributed by atoms with Crippen LogP contribution in [0.15, 0.2) is 6.20 Å². The van der Waals surface area contributed by atoms with Gasteiger partial charge < -0.3 is 10.3 Å². The molecule has 1 fully saturated rings. The standard InChI is InChI=1S/C16H25N5/c1-10(2)21-15(17)14(13-9-18-20(4)11(13)3)19-16(21)12-7-5-6-8-12/h9-10,12H,5-8,17H2,1-4H3. The lowest BCUT2D eigenvalue weighted by molar-refractivity contribution is 0.534. The van der Waals surface area contributed by atoms with Gasteiger partial charge in [0.05, 0.1) is 6.20 Å². The molecule has 2 aromatic rings. The molecular weight excluding hydrogens is 262 g/mol. The average Bonchev–Trinajstić information content (AvgIpc) is 3.12. The first-order valence-corrected chi connectivity index (χ1v) is 7.87. The van der Waals surface area contributed by atoms with Gasteiger partial charge in [0.2, 0.25) is 0 Å². The van der Waals surface area contributed by atoms with Crippen LogP contribution in [-0.4, -0.2) is 19.3 Å². The maximum atomic E-state index is 6.45. The Bertz CT molecular complexity index is 644. The number of nitrogen functional groups attached to an aromatic ring is 1. The summed E-state index contributed by atoms with van der Waals surface area (Å²) in [5.74, 6) is 2.50. The molecule has 0 unspecified atom stereocenters. The van der Waals surface area contributed by atoms with Crippen LogP contribution in [0.2, 0.25) is 0 Å². The molecule has 5 nitrogen and oxygen atoms in total. The first-order chi connectivity index (χ1) is 10.0. The Balaban J connectivity index is 2.14. The van der Waals surface area contributed by atoms with Crippen LogP contribution in [-0.2, 0) is 7.05 Å². The molecule has 1 aliphatic rings. The van der Waals surface area contributed by atoms with Crippen molar-refractivity contribution in [3.63, 3.8) is 0 Å². The molecule has 0 bridgehead atoms. The Morgan fingerprint density at radius 3 is 2.48 bits per heavy atom. The maximum absolute atomic E-state index is 6.45. The highest BCUT2D eigenvalue weighted by Gasteiger charge is 2.27. The number of imidazole rings is 1. The number of hydrogen-bond donors (Lipinski definition) is 1. The molecule has 3 rings (SSSR count). The molecule has 0 aliphatic heterocycles. The van der Waals surface area contributed by atoms with Crippen LogP contribution in [0, 0.1) is 6.92 Å². The van der Waals surface area contributed by atoms with Gasteiger partial charge in [0.15, 0.2) is 0 Å². The number of rotatable bonds is 3. The van der Waals surface area contributed by atoms with Crippen molar-refractivity contribution < 1.29 is 0 Å². The number of aromatic nitrogens is 4. The molecule has 114 valence electrons. The minimum atomic E-state index is 0.332. The molecule has 0 spiro atoms. The topological polar surface area (TPSA) is 61.7 Å². The predicted octanol–water partition coefficient (Wildman–Crippen LogP) is 3.41. The third kappa shape index (κ3) is 2.24. The maximum Gasteiger partial charge on any atom is 0.132 e. The van der Waals surface area contributed by atoms with E-state index >= 15 is 0 Å². The van der Waals surface area contributed by atoms with E-state index in [-0.39, 0.29) is 0 Å². The number of aryl methyl sites for hydroxylation is 1. The fourth-order valence-corrected chi connectivity index (χ4v) is 3.41. The van der Waals surface area contributed by atoms with E-state index in [9.17, 15) is 0 Å². The normalized spacial score (nSPS) is 16.2. The zero-order chi connectivity index (χ0) is 15.1. The van der Waals surface area contributed by atoms with Crippen molar-refractivity contribution in [2.75, 3.05) is 5.73 Å². The van der Waals surface area contributed by atoms with Crippen LogP contribution < -0.4 is 5.73 Å². The van der Waals surface area contributed by atoms with Gasteiger partial charge in [-0.2, -0.15) is 5.10 Å². The lowest BCUT2D eigenvalue weighted by atomic mass is 10.1. The second kappa shape index (κ2) is 5.20. The summed E-state index contributed by atoms with van der Waals surface area (Å²) >= 11 is 0. The average molecular weight is 287 g/mol. The molecule has 0 radical (unpaired) electrons. The number of hydrogen-bond acceptors (Lipinski definition) is 3. The summed E-state index contributed by atoms with van der Waals surface area (Å²) in [6, 6.07) is 0.332. The minimum absolute atomic E-state index is 0.332. The van der Waals surface area contributed by atoms with Crippen LogP contribution >= 0.6 is 0 Å². The Morgan fingerprint density at radius 2 is 1.95 bits per heavy atom. The fraction of sp³-hybridized carbons (Fsp3) is 0.625. The molecule has 2 aromatic heterocycles. The molecule has 0 saturated heterocycles. The summed E-state index contributed by atoms with van der Waals surface area (Å²) in [7, 11) is 1.95. The van der Waals surface area contributed by atoms with Crippen LogP contribution in [0.5, 0.6) is 0 Å². The summed E-state index contributed by atoms with van der Waals surface area (Å²) < 4.78 is 4.09. The van der Waals surface area contributed by atoms with Crippen LogP contribution in [0.4, 0.5) is 5.82 Å². The first-order valence-electron chi connectivity index (χ1n) is 7.87. The van der Waals surface area contributed by atoms with E-state index in [4.69, 9.17) is 10.7 Å². The molecule has 2 heterocycles. The van der Waals surface area contributed by atoms with Gasteiger partial charge >= 0.3 is 0 Å². The summed E-state index contributed by atoms with van der Waals surface area (Å²) in [5, 5.41) is 4.33. The van der Waals surface area contributed by atoms with E-state index in [0.29, 0.717) is 12.0 Å². The third-order valence-electron chi connectivity index (χ3n) is 4.70. The highest BCUT2D eigenvalue weighted by Crippen LogP contribution is 2.39. The van der Waals surface area contributed by atoms with Gasteiger partial charge in [-0.25, -0.2) is 4.98 Å². The predicted molar refractivity (Wildman–Crippen MR) is 85.2 cm³/mol.